The summed E-state index contributed by atoms with van der Waals surface area (Å²) in [7, 11) is 0. The number of carboxylic acids is 1. The number of pyridine rings is 1. The van der Waals surface area contributed by atoms with Gasteiger partial charge < -0.3 is 9.67 Å². The van der Waals surface area contributed by atoms with E-state index in [9.17, 15) is 9.59 Å². The Labute approximate surface area is 107 Å². The van der Waals surface area contributed by atoms with Crippen molar-refractivity contribution in [2.75, 3.05) is 0 Å². The Balaban J connectivity index is 2.76. The van der Waals surface area contributed by atoms with Crippen LogP contribution in [0.1, 0.15) is 20.3 Å². The SMILES string of the molecule is CC(C)(CCn1ccc(I)cc1=O)C(=O)O. The summed E-state index contributed by atoms with van der Waals surface area (Å²) in [6.45, 7) is 3.75. The van der Waals surface area contributed by atoms with E-state index in [1.54, 1.807) is 20.0 Å². The van der Waals surface area contributed by atoms with E-state index in [4.69, 9.17) is 5.11 Å². The Hall–Kier alpha value is -0.850. The smallest absolute Gasteiger partial charge is 0.309 e. The number of carboxylic acid groups (broad SMARTS) is 1. The zero-order valence-electron chi connectivity index (χ0n) is 9.24. The summed E-state index contributed by atoms with van der Waals surface area (Å²) in [6, 6.07) is 3.37. The van der Waals surface area contributed by atoms with Crippen LogP contribution in [0.15, 0.2) is 23.1 Å². The van der Waals surface area contributed by atoms with E-state index < -0.39 is 11.4 Å². The first-order valence-electron chi connectivity index (χ1n) is 4.92. The van der Waals surface area contributed by atoms with E-state index in [0.717, 1.165) is 3.57 Å². The molecule has 0 unspecified atom stereocenters. The zero-order valence-corrected chi connectivity index (χ0v) is 11.4. The van der Waals surface area contributed by atoms with Crippen LogP contribution in [0.5, 0.6) is 0 Å². The van der Waals surface area contributed by atoms with E-state index in [2.05, 4.69) is 22.6 Å². The summed E-state index contributed by atoms with van der Waals surface area (Å²) in [6.07, 6.45) is 2.13. The summed E-state index contributed by atoms with van der Waals surface area (Å²) in [4.78, 5) is 22.4. The molecule has 0 aromatic carbocycles. The Bertz CT molecular complexity index is 451. The Morgan fingerprint density at radius 2 is 2.19 bits per heavy atom. The highest BCUT2D eigenvalue weighted by atomic mass is 127. The Morgan fingerprint density at radius 1 is 1.56 bits per heavy atom. The molecule has 0 aliphatic rings. The number of halogens is 1. The zero-order chi connectivity index (χ0) is 12.3. The monoisotopic (exact) mass is 335 g/mol. The van der Waals surface area contributed by atoms with Crippen molar-refractivity contribution in [1.82, 2.24) is 4.57 Å². The van der Waals surface area contributed by atoms with Gasteiger partial charge in [-0.15, -0.1) is 0 Å². The van der Waals surface area contributed by atoms with E-state index in [0.29, 0.717) is 13.0 Å². The summed E-state index contributed by atoms with van der Waals surface area (Å²) in [5.74, 6) is -0.842. The standard InChI is InChI=1S/C11H14INO3/c1-11(2,10(15)16)4-6-13-5-3-8(12)7-9(13)14/h3,5,7H,4,6H2,1-2H3,(H,15,16). The van der Waals surface area contributed by atoms with Crippen LogP contribution in [-0.2, 0) is 11.3 Å². The fraction of sp³-hybridized carbons (Fsp3) is 0.455. The lowest BCUT2D eigenvalue weighted by molar-refractivity contribution is -0.147. The average Bonchev–Trinajstić information content (AvgIpc) is 2.16. The maximum absolute atomic E-state index is 11.5. The van der Waals surface area contributed by atoms with Gasteiger partial charge in [0.2, 0.25) is 0 Å². The molecule has 1 aromatic heterocycles. The van der Waals surface area contributed by atoms with Gasteiger partial charge in [0.15, 0.2) is 0 Å². The first-order chi connectivity index (χ1) is 7.33. The highest BCUT2D eigenvalue weighted by molar-refractivity contribution is 14.1. The third-order valence-electron chi connectivity index (χ3n) is 2.51. The highest BCUT2D eigenvalue weighted by Crippen LogP contribution is 2.20. The first kappa shape index (κ1) is 13.2. The second-order valence-electron chi connectivity index (χ2n) is 4.32. The lowest BCUT2D eigenvalue weighted by Gasteiger charge is -2.19. The summed E-state index contributed by atoms with van der Waals surface area (Å²) >= 11 is 2.07. The number of rotatable bonds is 4. The van der Waals surface area contributed by atoms with Gasteiger partial charge in [0.1, 0.15) is 0 Å². The van der Waals surface area contributed by atoms with Gasteiger partial charge in [-0.25, -0.2) is 0 Å². The average molecular weight is 335 g/mol. The maximum atomic E-state index is 11.5. The van der Waals surface area contributed by atoms with Gasteiger partial charge >= 0.3 is 5.97 Å². The second kappa shape index (κ2) is 4.99. The molecular formula is C11H14INO3. The number of nitrogens with zero attached hydrogens (tertiary/aromatic N) is 1. The molecule has 1 rings (SSSR count). The molecule has 1 aromatic rings. The van der Waals surface area contributed by atoms with Crippen molar-refractivity contribution >= 4 is 28.6 Å². The van der Waals surface area contributed by atoms with Gasteiger partial charge in [0.05, 0.1) is 5.41 Å². The molecule has 5 heteroatoms. The van der Waals surface area contributed by atoms with E-state index in [-0.39, 0.29) is 5.56 Å². The first-order valence-corrected chi connectivity index (χ1v) is 6.00. The van der Waals surface area contributed by atoms with Crippen LogP contribution in [-0.4, -0.2) is 15.6 Å². The van der Waals surface area contributed by atoms with E-state index in [1.165, 1.54) is 10.6 Å². The molecular weight excluding hydrogens is 321 g/mol. The molecule has 0 saturated carbocycles. The van der Waals surface area contributed by atoms with E-state index >= 15 is 0 Å². The molecule has 0 aliphatic heterocycles. The molecule has 0 fully saturated rings. The predicted octanol–water partition coefficient (Wildman–Crippen LogP) is 1.95. The quantitative estimate of drug-likeness (QED) is 0.856. The van der Waals surface area contributed by atoms with Gasteiger partial charge in [-0.2, -0.15) is 0 Å². The fourth-order valence-corrected chi connectivity index (χ4v) is 1.60. The van der Waals surface area contributed by atoms with Gasteiger partial charge in [-0.3, -0.25) is 9.59 Å². The molecule has 1 heterocycles. The normalized spacial score (nSPS) is 11.4. The highest BCUT2D eigenvalue weighted by Gasteiger charge is 2.26. The number of hydrogen-bond acceptors (Lipinski definition) is 2. The molecule has 88 valence electrons. The minimum atomic E-state index is -0.842. The molecule has 0 saturated heterocycles. The van der Waals surface area contributed by atoms with Crippen LogP contribution < -0.4 is 5.56 Å². The van der Waals surface area contributed by atoms with Crippen molar-refractivity contribution in [3.63, 3.8) is 0 Å². The summed E-state index contributed by atoms with van der Waals surface area (Å²) < 4.78 is 2.42. The van der Waals surface area contributed by atoms with Crippen LogP contribution in [0.25, 0.3) is 0 Å². The van der Waals surface area contributed by atoms with Gasteiger partial charge in [-0.1, -0.05) is 0 Å². The number of aliphatic carboxylic acids is 1. The molecule has 0 aliphatic carbocycles. The second-order valence-corrected chi connectivity index (χ2v) is 5.56. The number of aromatic nitrogens is 1. The van der Waals surface area contributed by atoms with Crippen molar-refractivity contribution in [2.24, 2.45) is 5.41 Å². The van der Waals surface area contributed by atoms with Crippen LogP contribution in [0.2, 0.25) is 0 Å². The van der Waals surface area contributed by atoms with Gasteiger partial charge in [-0.05, 0) is 48.9 Å². The molecule has 0 radical (unpaired) electrons. The number of carbonyl (C=O) groups is 1. The van der Waals surface area contributed by atoms with Crippen LogP contribution in [0.3, 0.4) is 0 Å². The maximum Gasteiger partial charge on any atom is 0.309 e. The molecule has 1 N–H and O–H groups in total. The van der Waals surface area contributed by atoms with Crippen LogP contribution in [0, 0.1) is 8.99 Å². The van der Waals surface area contributed by atoms with E-state index in [1.807, 2.05) is 6.07 Å². The molecule has 0 spiro atoms. The summed E-state index contributed by atoms with van der Waals surface area (Å²) in [5, 5.41) is 8.94. The number of aryl methyl sites for hydroxylation is 1. The van der Waals surface area contributed by atoms with Crippen molar-refractivity contribution in [3.8, 4) is 0 Å². The van der Waals surface area contributed by atoms with Crippen molar-refractivity contribution < 1.29 is 9.90 Å². The van der Waals surface area contributed by atoms with Crippen LogP contribution >= 0.6 is 22.6 Å². The molecule has 0 atom stereocenters. The molecule has 0 amide bonds. The summed E-state index contributed by atoms with van der Waals surface area (Å²) in [5.41, 5.74) is -0.893. The van der Waals surface area contributed by atoms with Crippen LogP contribution in [0.4, 0.5) is 0 Å². The third kappa shape index (κ3) is 3.33. The Kier molecular flexibility index (Phi) is 4.12. The molecule has 4 nitrogen and oxygen atoms in total. The van der Waals surface area contributed by atoms with Gasteiger partial charge in [0, 0.05) is 22.4 Å². The minimum absolute atomic E-state index is 0.0897. The van der Waals surface area contributed by atoms with Crippen molar-refractivity contribution in [3.05, 3.63) is 32.3 Å². The topological polar surface area (TPSA) is 59.3 Å². The third-order valence-corrected chi connectivity index (χ3v) is 3.19. The Morgan fingerprint density at radius 3 is 2.69 bits per heavy atom. The number of hydrogen-bond donors (Lipinski definition) is 1. The molecule has 0 bridgehead atoms. The predicted molar refractivity (Wildman–Crippen MR) is 69.5 cm³/mol. The fourth-order valence-electron chi connectivity index (χ4n) is 1.18. The largest absolute Gasteiger partial charge is 0.481 e. The van der Waals surface area contributed by atoms with Gasteiger partial charge in [0.25, 0.3) is 5.56 Å². The van der Waals surface area contributed by atoms with Crippen molar-refractivity contribution in [1.29, 1.82) is 0 Å². The lowest BCUT2D eigenvalue weighted by atomic mass is 9.89. The minimum Gasteiger partial charge on any atom is -0.481 e. The lowest BCUT2D eigenvalue weighted by Crippen LogP contribution is -2.28. The van der Waals surface area contributed by atoms with Crippen molar-refractivity contribution in [2.45, 2.75) is 26.8 Å². The molecule has 16 heavy (non-hydrogen) atoms.